The van der Waals surface area contributed by atoms with Gasteiger partial charge in [-0.25, -0.2) is 4.79 Å². The lowest BCUT2D eigenvalue weighted by Gasteiger charge is -2.54. The summed E-state index contributed by atoms with van der Waals surface area (Å²) < 4.78 is 0. The zero-order valence-electron chi connectivity index (χ0n) is 19.8. The van der Waals surface area contributed by atoms with E-state index in [2.05, 4.69) is 17.4 Å². The van der Waals surface area contributed by atoms with Crippen LogP contribution in [0.25, 0.3) is 0 Å². The fraction of sp³-hybridized carbons (Fsp3) is 0.333. The molecule has 3 aliphatic rings. The minimum Gasteiger partial charge on any atom is -0.480 e. The van der Waals surface area contributed by atoms with E-state index in [0.29, 0.717) is 0 Å². The quantitative estimate of drug-likeness (QED) is 0.511. The highest BCUT2D eigenvalue weighted by Gasteiger charge is 2.53. The van der Waals surface area contributed by atoms with E-state index in [1.807, 2.05) is 78.9 Å². The molecular weight excluding hydrogens is 436 g/mol. The molecule has 180 valence electrons. The molecule has 2 aliphatic heterocycles. The number of piperidine rings is 2. The molecule has 2 heterocycles. The molecule has 2 bridgehead atoms. The van der Waals surface area contributed by atoms with E-state index in [4.69, 9.17) is 0 Å². The summed E-state index contributed by atoms with van der Waals surface area (Å²) in [4.78, 5) is 28.4. The van der Waals surface area contributed by atoms with Gasteiger partial charge in [-0.05, 0) is 48.9 Å². The smallest absolute Gasteiger partial charge is 0.326 e. The SMILES string of the molecule is O=C(O)C1[C@H]2CCC(CC2NCCc2ccccc2)N1C(=O)C(c1ccccc1)c1ccccc1. The predicted molar refractivity (Wildman–Crippen MR) is 136 cm³/mol. The molecule has 5 nitrogen and oxygen atoms in total. The highest BCUT2D eigenvalue weighted by Crippen LogP contribution is 2.42. The molecule has 1 amide bonds. The number of carbonyl (C=O) groups excluding carboxylic acids is 1. The average Bonchev–Trinajstić information content (AvgIpc) is 2.90. The Morgan fingerprint density at radius 3 is 2.00 bits per heavy atom. The first-order valence-corrected chi connectivity index (χ1v) is 12.6. The van der Waals surface area contributed by atoms with Crippen molar-refractivity contribution in [3.63, 3.8) is 0 Å². The van der Waals surface area contributed by atoms with Gasteiger partial charge in [0.15, 0.2) is 0 Å². The van der Waals surface area contributed by atoms with Crippen LogP contribution < -0.4 is 5.32 Å². The molecule has 0 aromatic heterocycles. The Morgan fingerprint density at radius 1 is 0.857 bits per heavy atom. The summed E-state index contributed by atoms with van der Waals surface area (Å²) in [5.41, 5.74) is 3.06. The average molecular weight is 469 g/mol. The number of hydrogen-bond donors (Lipinski definition) is 2. The van der Waals surface area contributed by atoms with Gasteiger partial charge < -0.3 is 15.3 Å². The van der Waals surface area contributed by atoms with Crippen LogP contribution >= 0.6 is 0 Å². The van der Waals surface area contributed by atoms with Crippen LogP contribution in [0, 0.1) is 5.92 Å². The van der Waals surface area contributed by atoms with Crippen molar-refractivity contribution >= 4 is 11.9 Å². The van der Waals surface area contributed by atoms with Gasteiger partial charge in [-0.2, -0.15) is 0 Å². The van der Waals surface area contributed by atoms with Gasteiger partial charge in [-0.1, -0.05) is 91.0 Å². The predicted octanol–water partition coefficient (Wildman–Crippen LogP) is 4.48. The number of amides is 1. The first-order chi connectivity index (χ1) is 17.1. The molecular formula is C30H32N2O3. The Kier molecular flexibility index (Phi) is 6.96. The van der Waals surface area contributed by atoms with Crippen molar-refractivity contribution < 1.29 is 14.7 Å². The zero-order chi connectivity index (χ0) is 24.2. The van der Waals surface area contributed by atoms with Gasteiger partial charge in [-0.15, -0.1) is 0 Å². The van der Waals surface area contributed by atoms with Crippen molar-refractivity contribution in [2.75, 3.05) is 6.54 Å². The molecule has 3 fully saturated rings. The second kappa shape index (κ2) is 10.4. The van der Waals surface area contributed by atoms with E-state index in [-0.39, 0.29) is 23.9 Å². The molecule has 35 heavy (non-hydrogen) atoms. The Hall–Kier alpha value is -3.44. The number of hydrogen-bond acceptors (Lipinski definition) is 3. The minimum absolute atomic E-state index is 0.0715. The maximum absolute atomic E-state index is 14.2. The molecule has 1 aliphatic carbocycles. The molecule has 2 saturated heterocycles. The largest absolute Gasteiger partial charge is 0.480 e. The van der Waals surface area contributed by atoms with Gasteiger partial charge in [0, 0.05) is 18.0 Å². The molecule has 4 atom stereocenters. The van der Waals surface area contributed by atoms with E-state index >= 15 is 0 Å². The monoisotopic (exact) mass is 468 g/mol. The lowest BCUT2D eigenvalue weighted by atomic mass is 9.70. The number of aliphatic carboxylic acids is 1. The number of rotatable bonds is 8. The van der Waals surface area contributed by atoms with E-state index in [0.717, 1.165) is 43.4 Å². The van der Waals surface area contributed by atoms with Gasteiger partial charge in [0.05, 0.1) is 5.92 Å². The fourth-order valence-electron chi connectivity index (χ4n) is 6.05. The summed E-state index contributed by atoms with van der Waals surface area (Å²) in [7, 11) is 0. The van der Waals surface area contributed by atoms with Crippen LogP contribution in [0.15, 0.2) is 91.0 Å². The fourth-order valence-corrected chi connectivity index (χ4v) is 6.05. The third kappa shape index (κ3) is 4.87. The van der Waals surface area contributed by atoms with Crippen molar-refractivity contribution in [1.82, 2.24) is 10.2 Å². The summed E-state index contributed by atoms with van der Waals surface area (Å²) in [5, 5.41) is 13.9. The summed E-state index contributed by atoms with van der Waals surface area (Å²) >= 11 is 0. The molecule has 3 aromatic carbocycles. The van der Waals surface area contributed by atoms with E-state index in [1.165, 1.54) is 5.56 Å². The van der Waals surface area contributed by atoms with Crippen LogP contribution in [0.2, 0.25) is 0 Å². The van der Waals surface area contributed by atoms with Crippen molar-refractivity contribution in [2.24, 2.45) is 5.92 Å². The second-order valence-corrected chi connectivity index (χ2v) is 9.71. The molecule has 3 unspecified atom stereocenters. The van der Waals surface area contributed by atoms with E-state index in [9.17, 15) is 14.7 Å². The van der Waals surface area contributed by atoms with Crippen molar-refractivity contribution in [1.29, 1.82) is 0 Å². The normalized spacial score (nSPS) is 23.4. The topological polar surface area (TPSA) is 69.6 Å². The Labute approximate surface area is 206 Å². The minimum atomic E-state index is -0.900. The van der Waals surface area contributed by atoms with Crippen LogP contribution in [-0.4, -0.2) is 46.6 Å². The third-order valence-corrected chi connectivity index (χ3v) is 7.66. The Balaban J connectivity index is 1.38. The molecule has 0 spiro atoms. The van der Waals surface area contributed by atoms with Crippen LogP contribution in [-0.2, 0) is 16.0 Å². The summed E-state index contributed by atoms with van der Waals surface area (Å²) in [6.07, 6.45) is 3.38. The number of carboxylic acid groups (broad SMARTS) is 1. The van der Waals surface area contributed by atoms with Crippen molar-refractivity contribution in [2.45, 2.75) is 49.7 Å². The number of fused-ring (bicyclic) bond motifs is 3. The standard InChI is InChI=1S/C30H32N2O3/c33-29(27(22-12-6-2-7-13-22)23-14-8-3-9-15-23)32-24-16-17-25(28(32)30(34)35)26(20-24)31-19-18-21-10-4-1-5-11-21/h1-15,24-28,31H,16-20H2,(H,34,35)/t24?,25-,26?,28?/m0/s1. The molecule has 3 aromatic rings. The summed E-state index contributed by atoms with van der Waals surface area (Å²) in [6.45, 7) is 0.800. The van der Waals surface area contributed by atoms with Gasteiger partial charge in [-0.3, -0.25) is 4.79 Å². The van der Waals surface area contributed by atoms with Crippen LogP contribution in [0.1, 0.15) is 41.9 Å². The van der Waals surface area contributed by atoms with Crippen molar-refractivity contribution in [3.05, 3.63) is 108 Å². The molecule has 1 saturated carbocycles. The number of nitrogens with one attached hydrogen (secondary N) is 1. The molecule has 2 N–H and O–H groups in total. The number of nitrogens with zero attached hydrogens (tertiary/aromatic N) is 1. The van der Waals surface area contributed by atoms with Crippen molar-refractivity contribution in [3.8, 4) is 0 Å². The van der Waals surface area contributed by atoms with Gasteiger partial charge in [0.2, 0.25) is 5.91 Å². The van der Waals surface area contributed by atoms with Crippen LogP contribution in [0.5, 0.6) is 0 Å². The van der Waals surface area contributed by atoms with Crippen LogP contribution in [0.4, 0.5) is 0 Å². The van der Waals surface area contributed by atoms with E-state index < -0.39 is 17.9 Å². The maximum Gasteiger partial charge on any atom is 0.326 e. The van der Waals surface area contributed by atoms with Crippen LogP contribution in [0.3, 0.4) is 0 Å². The molecule has 0 radical (unpaired) electrons. The lowest BCUT2D eigenvalue weighted by molar-refractivity contribution is -0.165. The lowest BCUT2D eigenvalue weighted by Crippen LogP contribution is -2.67. The highest BCUT2D eigenvalue weighted by molar-refractivity contribution is 5.91. The van der Waals surface area contributed by atoms with E-state index in [1.54, 1.807) is 4.90 Å². The number of carboxylic acids is 1. The first kappa shape index (κ1) is 23.3. The zero-order valence-corrected chi connectivity index (χ0v) is 19.8. The summed E-state index contributed by atoms with van der Waals surface area (Å²) in [6, 6.07) is 29.0. The number of carbonyl (C=O) groups is 2. The maximum atomic E-state index is 14.2. The third-order valence-electron chi connectivity index (χ3n) is 7.66. The first-order valence-electron chi connectivity index (χ1n) is 12.6. The second-order valence-electron chi connectivity index (χ2n) is 9.71. The Morgan fingerprint density at radius 2 is 1.43 bits per heavy atom. The highest BCUT2D eigenvalue weighted by atomic mass is 16.4. The molecule has 5 heteroatoms. The van der Waals surface area contributed by atoms with Gasteiger partial charge in [0.25, 0.3) is 0 Å². The molecule has 6 rings (SSSR count). The Bertz CT molecular complexity index is 1100. The van der Waals surface area contributed by atoms with Gasteiger partial charge in [0.1, 0.15) is 6.04 Å². The van der Waals surface area contributed by atoms with Gasteiger partial charge >= 0.3 is 5.97 Å². The number of benzene rings is 3. The summed E-state index contributed by atoms with van der Waals surface area (Å²) in [5.74, 6) is -1.61.